The van der Waals surface area contributed by atoms with Gasteiger partial charge in [-0.1, -0.05) is 0 Å². The number of nitrogen functional groups attached to an aromatic ring is 1. The predicted molar refractivity (Wildman–Crippen MR) is 31.8 cm³/mol. The topological polar surface area (TPSA) is 51.2 Å². The summed E-state index contributed by atoms with van der Waals surface area (Å²) in [6, 6.07) is 1.52. The first-order chi connectivity index (χ1) is 3.72. The van der Waals surface area contributed by atoms with E-state index in [9.17, 15) is 0 Å². The Bertz CT molecular complexity index is 176. The lowest BCUT2D eigenvalue weighted by molar-refractivity contribution is 0.453. The summed E-state index contributed by atoms with van der Waals surface area (Å²) in [7, 11) is 0. The Balaban J connectivity index is 3.19. The van der Waals surface area contributed by atoms with Crippen molar-refractivity contribution in [1.29, 1.82) is 0 Å². The number of hydrogen-bond donors (Lipinski definition) is 2. The molecule has 0 amide bonds. The van der Waals surface area contributed by atoms with Crippen LogP contribution in [0.4, 0.5) is 5.69 Å². The molecule has 0 aliphatic rings. The highest BCUT2D eigenvalue weighted by Gasteiger charge is 1.98. The number of nitrogens with two attached hydrogens (primary N) is 1. The van der Waals surface area contributed by atoms with Crippen molar-refractivity contribution < 1.29 is 5.11 Å². The molecule has 4 heteroatoms. The fourth-order valence-corrected chi connectivity index (χ4v) is 0.568. The molecule has 1 aromatic rings. The molecule has 0 atom stereocenters. The second kappa shape index (κ2) is 1.59. The van der Waals surface area contributed by atoms with E-state index in [0.29, 0.717) is 5.69 Å². The van der Waals surface area contributed by atoms with Gasteiger partial charge in [0.2, 0.25) is 5.88 Å². The maximum Gasteiger partial charge on any atom is 0.229 e. The second-order valence-electron chi connectivity index (χ2n) is 1.41. The van der Waals surface area contributed by atoms with E-state index in [1.807, 2.05) is 0 Å². The minimum Gasteiger partial charge on any atom is -0.492 e. The average molecular weight is 133 g/mol. The van der Waals surface area contributed by atoms with Gasteiger partial charge in [0, 0.05) is 18.0 Å². The molecular formula is C4H5ClN2O. The summed E-state index contributed by atoms with van der Waals surface area (Å²) in [5.74, 6) is -0.105. The Kier molecular flexibility index (Phi) is 1.06. The van der Waals surface area contributed by atoms with Crippen LogP contribution < -0.4 is 5.73 Å². The molecule has 0 unspecified atom stereocenters. The quantitative estimate of drug-likeness (QED) is 0.548. The molecule has 1 heterocycles. The molecule has 0 aliphatic carbocycles. The maximum atomic E-state index is 8.75. The van der Waals surface area contributed by atoms with E-state index < -0.39 is 0 Å². The molecular weight excluding hydrogens is 128 g/mol. The van der Waals surface area contributed by atoms with E-state index in [4.69, 9.17) is 22.6 Å². The third kappa shape index (κ3) is 0.607. The van der Waals surface area contributed by atoms with Gasteiger partial charge in [0.15, 0.2) is 0 Å². The van der Waals surface area contributed by atoms with Crippen LogP contribution in [0.25, 0.3) is 0 Å². The van der Waals surface area contributed by atoms with Gasteiger partial charge in [0.25, 0.3) is 0 Å². The second-order valence-corrected chi connectivity index (χ2v) is 1.77. The van der Waals surface area contributed by atoms with Crippen molar-refractivity contribution in [3.8, 4) is 5.88 Å². The van der Waals surface area contributed by atoms with Crippen LogP contribution >= 0.6 is 11.8 Å². The van der Waals surface area contributed by atoms with Crippen molar-refractivity contribution in [2.45, 2.75) is 0 Å². The first-order valence-corrected chi connectivity index (χ1v) is 2.37. The fourth-order valence-electron chi connectivity index (χ4n) is 0.414. The first-order valence-electron chi connectivity index (χ1n) is 2.04. The highest BCUT2D eigenvalue weighted by molar-refractivity contribution is 6.16. The zero-order valence-corrected chi connectivity index (χ0v) is 4.76. The van der Waals surface area contributed by atoms with Crippen molar-refractivity contribution in [1.82, 2.24) is 4.09 Å². The van der Waals surface area contributed by atoms with Gasteiger partial charge in [0.1, 0.15) is 0 Å². The lowest BCUT2D eigenvalue weighted by Crippen LogP contribution is -1.81. The van der Waals surface area contributed by atoms with Gasteiger partial charge in [-0.05, 0) is 6.07 Å². The molecule has 0 saturated heterocycles. The summed E-state index contributed by atoms with van der Waals surface area (Å²) in [5.41, 5.74) is 5.48. The summed E-state index contributed by atoms with van der Waals surface area (Å²) >= 11 is 5.32. The molecule has 3 N–H and O–H groups in total. The van der Waals surface area contributed by atoms with Crippen molar-refractivity contribution in [2.24, 2.45) is 0 Å². The maximum absolute atomic E-state index is 8.75. The first kappa shape index (κ1) is 5.31. The molecule has 44 valence electrons. The standard InChI is InChI=1S/C4H5ClN2O/c5-7-2-1-3(6)4(7)8/h1-2,8H,6H2. The van der Waals surface area contributed by atoms with E-state index in [1.54, 1.807) is 0 Å². The minimum absolute atomic E-state index is 0.105. The van der Waals surface area contributed by atoms with Gasteiger partial charge in [-0.2, -0.15) is 0 Å². The number of nitrogens with zero attached hydrogens (tertiary/aromatic N) is 1. The van der Waals surface area contributed by atoms with E-state index in [0.717, 1.165) is 4.09 Å². The molecule has 1 rings (SSSR count). The highest BCUT2D eigenvalue weighted by atomic mass is 35.5. The summed E-state index contributed by atoms with van der Waals surface area (Å²) in [5, 5.41) is 8.75. The lowest BCUT2D eigenvalue weighted by Gasteiger charge is -1.88. The molecule has 1 aromatic heterocycles. The van der Waals surface area contributed by atoms with Gasteiger partial charge < -0.3 is 10.8 Å². The Morgan fingerprint density at radius 2 is 2.38 bits per heavy atom. The van der Waals surface area contributed by atoms with E-state index in [2.05, 4.69) is 0 Å². The van der Waals surface area contributed by atoms with Crippen molar-refractivity contribution in [2.75, 3.05) is 5.73 Å². The largest absolute Gasteiger partial charge is 0.492 e. The average Bonchev–Trinajstić information content (AvgIpc) is 1.98. The van der Waals surface area contributed by atoms with Crippen LogP contribution in [-0.2, 0) is 0 Å². The summed E-state index contributed by atoms with van der Waals surface area (Å²) in [4.78, 5) is 0. The van der Waals surface area contributed by atoms with Crippen LogP contribution in [0.2, 0.25) is 0 Å². The SMILES string of the molecule is Nc1ccn(Cl)c1O. The van der Waals surface area contributed by atoms with E-state index >= 15 is 0 Å². The number of hydrogen-bond acceptors (Lipinski definition) is 2. The zero-order valence-electron chi connectivity index (χ0n) is 4.00. The number of rotatable bonds is 0. The normalized spacial score (nSPS) is 9.62. The van der Waals surface area contributed by atoms with Crippen LogP contribution in [0.3, 0.4) is 0 Å². The smallest absolute Gasteiger partial charge is 0.229 e. The molecule has 0 fully saturated rings. The van der Waals surface area contributed by atoms with Crippen molar-refractivity contribution in [3.63, 3.8) is 0 Å². The third-order valence-corrected chi connectivity index (χ3v) is 1.12. The van der Waals surface area contributed by atoms with Crippen LogP contribution in [0.15, 0.2) is 12.3 Å². The number of aromatic nitrogens is 1. The molecule has 0 aromatic carbocycles. The van der Waals surface area contributed by atoms with Gasteiger partial charge in [-0.3, -0.25) is 0 Å². The van der Waals surface area contributed by atoms with Gasteiger partial charge in [-0.15, -0.1) is 0 Å². The van der Waals surface area contributed by atoms with Gasteiger partial charge >= 0.3 is 0 Å². The van der Waals surface area contributed by atoms with E-state index in [-0.39, 0.29) is 5.88 Å². The van der Waals surface area contributed by atoms with Crippen LogP contribution in [0.5, 0.6) is 5.88 Å². The molecule has 0 aliphatic heterocycles. The zero-order chi connectivity index (χ0) is 6.15. The number of anilines is 1. The molecule has 8 heavy (non-hydrogen) atoms. The summed E-state index contributed by atoms with van der Waals surface area (Å²) < 4.78 is 1.02. The summed E-state index contributed by atoms with van der Waals surface area (Å²) in [6.45, 7) is 0. The van der Waals surface area contributed by atoms with Gasteiger partial charge in [0.05, 0.1) is 5.69 Å². The molecule has 0 spiro atoms. The van der Waals surface area contributed by atoms with Gasteiger partial charge in [-0.25, -0.2) is 4.09 Å². The minimum atomic E-state index is -0.105. The monoisotopic (exact) mass is 132 g/mol. The Labute approximate surface area is 51.4 Å². The Morgan fingerprint density at radius 1 is 1.75 bits per heavy atom. The predicted octanol–water partition coefficient (Wildman–Crippen LogP) is 0.778. The molecule has 0 bridgehead atoms. The van der Waals surface area contributed by atoms with Crippen molar-refractivity contribution >= 4 is 17.5 Å². The number of halogens is 1. The van der Waals surface area contributed by atoms with Crippen LogP contribution in [-0.4, -0.2) is 9.19 Å². The highest BCUT2D eigenvalue weighted by Crippen LogP contribution is 2.20. The molecule has 3 nitrogen and oxygen atoms in total. The van der Waals surface area contributed by atoms with Crippen molar-refractivity contribution in [3.05, 3.63) is 12.3 Å². The Hall–Kier alpha value is -0.830. The Morgan fingerprint density at radius 3 is 2.50 bits per heavy atom. The fraction of sp³-hybridized carbons (Fsp3) is 0. The van der Waals surface area contributed by atoms with E-state index in [1.165, 1.54) is 12.3 Å². The third-order valence-electron chi connectivity index (χ3n) is 0.846. The summed E-state index contributed by atoms with van der Waals surface area (Å²) in [6.07, 6.45) is 1.46. The molecule has 0 saturated carbocycles. The van der Waals surface area contributed by atoms with Crippen LogP contribution in [0.1, 0.15) is 0 Å². The number of aromatic hydroxyl groups is 1. The van der Waals surface area contributed by atoms with Crippen LogP contribution in [0, 0.1) is 0 Å². The molecule has 0 radical (unpaired) electrons. The lowest BCUT2D eigenvalue weighted by atomic mass is 10.5.